The first-order valence-corrected chi connectivity index (χ1v) is 10.7. The molecule has 1 saturated heterocycles. The average molecular weight is 418 g/mol. The molecule has 0 spiro atoms. The molecule has 0 bridgehead atoms. The van der Waals surface area contributed by atoms with Crippen LogP contribution in [0.3, 0.4) is 0 Å². The lowest BCUT2D eigenvalue weighted by atomic mass is 10.2. The van der Waals surface area contributed by atoms with Gasteiger partial charge in [-0.1, -0.05) is 60.7 Å². The van der Waals surface area contributed by atoms with Crippen molar-refractivity contribution >= 4 is 62.7 Å². The second kappa shape index (κ2) is 9.77. The van der Waals surface area contributed by atoms with Crippen molar-refractivity contribution < 1.29 is 9.59 Å². The summed E-state index contributed by atoms with van der Waals surface area (Å²) in [7, 11) is 0. The fraction of sp³-hybridized carbons (Fsp3) is 0.263. The Balaban J connectivity index is 1.40. The molecule has 2 heterocycles. The molecule has 8 heteroatoms. The summed E-state index contributed by atoms with van der Waals surface area (Å²) in [5.41, 5.74) is 0.990. The van der Waals surface area contributed by atoms with E-state index in [4.69, 9.17) is 12.2 Å². The van der Waals surface area contributed by atoms with Crippen LogP contribution < -0.4 is 5.32 Å². The van der Waals surface area contributed by atoms with E-state index in [0.29, 0.717) is 27.3 Å². The minimum Gasteiger partial charge on any atom is -0.302 e. The summed E-state index contributed by atoms with van der Waals surface area (Å²) in [6, 6.07) is 9.75. The lowest BCUT2D eigenvalue weighted by Gasteiger charge is -2.13. The molecular weight excluding hydrogens is 398 g/mol. The van der Waals surface area contributed by atoms with Gasteiger partial charge in [0.2, 0.25) is 5.91 Å². The van der Waals surface area contributed by atoms with Gasteiger partial charge in [-0.05, 0) is 24.5 Å². The minimum atomic E-state index is -0.0321. The van der Waals surface area contributed by atoms with Crippen molar-refractivity contribution in [2.45, 2.75) is 25.7 Å². The van der Waals surface area contributed by atoms with Crippen LogP contribution in [0.1, 0.15) is 31.2 Å². The summed E-state index contributed by atoms with van der Waals surface area (Å²) in [5, 5.41) is 5.22. The van der Waals surface area contributed by atoms with Crippen LogP contribution in [0.5, 0.6) is 0 Å². The maximum atomic E-state index is 12.5. The van der Waals surface area contributed by atoms with E-state index in [0.717, 1.165) is 24.8 Å². The molecule has 1 aromatic carbocycles. The molecule has 0 saturated carbocycles. The van der Waals surface area contributed by atoms with Gasteiger partial charge >= 0.3 is 0 Å². The van der Waals surface area contributed by atoms with Crippen LogP contribution in [0.25, 0.3) is 6.08 Å². The number of nitrogens with zero attached hydrogens (tertiary/aromatic N) is 2. The molecule has 2 aromatic rings. The smallest absolute Gasteiger partial charge is 0.266 e. The molecule has 1 fully saturated rings. The first-order valence-electron chi connectivity index (χ1n) is 8.63. The molecule has 140 valence electrons. The number of rotatable bonds is 8. The van der Waals surface area contributed by atoms with Gasteiger partial charge in [-0.2, -0.15) is 0 Å². The number of carbonyl (C=O) groups excluding carboxylic acids is 2. The fourth-order valence-electron chi connectivity index (χ4n) is 2.59. The number of amides is 2. The number of thioether (sulfide) groups is 1. The molecule has 1 aliphatic heterocycles. The Labute approximate surface area is 171 Å². The van der Waals surface area contributed by atoms with Gasteiger partial charge in [-0.25, -0.2) is 4.98 Å². The topological polar surface area (TPSA) is 62.3 Å². The number of carbonyl (C=O) groups is 2. The van der Waals surface area contributed by atoms with Crippen LogP contribution in [0.4, 0.5) is 5.13 Å². The molecule has 0 radical (unpaired) electrons. The van der Waals surface area contributed by atoms with E-state index >= 15 is 0 Å². The standard InChI is InChI=1S/C19H19N3O2S3/c23-16(21-18-20-10-12-26-18)9-5-2-6-11-22-17(24)15(27-19(22)25)13-14-7-3-1-4-8-14/h1,3-4,7-8,10,12-13H,2,5-6,9,11H2,(H,20,21,23)/b15-13-. The molecule has 1 N–H and O–H groups in total. The second-order valence-corrected chi connectivity index (χ2v) is 8.51. The van der Waals surface area contributed by atoms with Gasteiger partial charge < -0.3 is 5.32 Å². The third-order valence-corrected chi connectivity index (χ3v) is 6.00. The van der Waals surface area contributed by atoms with Crippen molar-refractivity contribution in [3.63, 3.8) is 0 Å². The van der Waals surface area contributed by atoms with Crippen LogP contribution in [-0.4, -0.2) is 32.6 Å². The summed E-state index contributed by atoms with van der Waals surface area (Å²) in [4.78, 5) is 30.7. The molecule has 5 nitrogen and oxygen atoms in total. The predicted octanol–water partition coefficient (Wildman–Crippen LogP) is 4.54. The average Bonchev–Trinajstić information content (AvgIpc) is 3.25. The molecule has 0 aliphatic carbocycles. The van der Waals surface area contributed by atoms with Crippen molar-refractivity contribution in [1.82, 2.24) is 9.88 Å². The summed E-state index contributed by atoms with van der Waals surface area (Å²) in [5.74, 6) is -0.0586. The van der Waals surface area contributed by atoms with E-state index in [2.05, 4.69) is 10.3 Å². The Hall–Kier alpha value is -2.03. The van der Waals surface area contributed by atoms with Crippen LogP contribution in [0, 0.1) is 0 Å². The molecule has 3 rings (SSSR count). The molecule has 1 aromatic heterocycles. The number of hydrogen-bond donors (Lipinski definition) is 1. The lowest BCUT2D eigenvalue weighted by Crippen LogP contribution is -2.29. The number of aromatic nitrogens is 1. The number of unbranched alkanes of at least 4 members (excludes halogenated alkanes) is 2. The zero-order valence-electron chi connectivity index (χ0n) is 14.6. The van der Waals surface area contributed by atoms with E-state index < -0.39 is 0 Å². The van der Waals surface area contributed by atoms with Crippen molar-refractivity contribution in [3.8, 4) is 0 Å². The largest absolute Gasteiger partial charge is 0.302 e. The third kappa shape index (κ3) is 5.72. The van der Waals surface area contributed by atoms with Gasteiger partial charge in [0.25, 0.3) is 5.91 Å². The van der Waals surface area contributed by atoms with Crippen molar-refractivity contribution in [2.75, 3.05) is 11.9 Å². The first-order chi connectivity index (χ1) is 13.1. The molecule has 1 aliphatic rings. The molecule has 0 unspecified atom stereocenters. The van der Waals surface area contributed by atoms with Crippen LogP contribution >= 0.6 is 35.3 Å². The number of anilines is 1. The maximum Gasteiger partial charge on any atom is 0.266 e. The quantitative estimate of drug-likeness (QED) is 0.388. The lowest BCUT2D eigenvalue weighted by molar-refractivity contribution is -0.122. The highest BCUT2D eigenvalue weighted by molar-refractivity contribution is 8.26. The molecule has 27 heavy (non-hydrogen) atoms. The van der Waals surface area contributed by atoms with E-state index in [9.17, 15) is 9.59 Å². The maximum absolute atomic E-state index is 12.5. The Morgan fingerprint density at radius 3 is 2.78 bits per heavy atom. The van der Waals surface area contributed by atoms with Crippen LogP contribution in [0.15, 0.2) is 46.8 Å². The highest BCUT2D eigenvalue weighted by Gasteiger charge is 2.31. The molecular formula is C19H19N3O2S3. The van der Waals surface area contributed by atoms with Crippen LogP contribution in [0.2, 0.25) is 0 Å². The highest BCUT2D eigenvalue weighted by Crippen LogP contribution is 2.32. The number of nitrogens with one attached hydrogen (secondary N) is 1. The number of thiocarbonyl (C=S) groups is 1. The van der Waals surface area contributed by atoms with E-state index in [-0.39, 0.29) is 11.8 Å². The van der Waals surface area contributed by atoms with Gasteiger partial charge in [0, 0.05) is 24.5 Å². The van der Waals surface area contributed by atoms with Crippen molar-refractivity contribution in [3.05, 3.63) is 52.4 Å². The Bertz CT molecular complexity index is 835. The zero-order valence-corrected chi connectivity index (χ0v) is 17.0. The first kappa shape index (κ1) is 19.7. The van der Waals surface area contributed by atoms with E-state index in [1.165, 1.54) is 23.1 Å². The highest BCUT2D eigenvalue weighted by atomic mass is 32.2. The SMILES string of the molecule is O=C(CCCCCN1C(=O)/C(=C/c2ccccc2)SC1=S)Nc1nccs1. The fourth-order valence-corrected chi connectivity index (χ4v) is 4.45. The summed E-state index contributed by atoms with van der Waals surface area (Å²) < 4.78 is 0.601. The summed E-state index contributed by atoms with van der Waals surface area (Å²) in [6.45, 7) is 0.588. The third-order valence-electron chi connectivity index (χ3n) is 3.94. The van der Waals surface area contributed by atoms with Crippen molar-refractivity contribution in [2.24, 2.45) is 0 Å². The Kier molecular flexibility index (Phi) is 7.14. The van der Waals surface area contributed by atoms with Crippen molar-refractivity contribution in [1.29, 1.82) is 0 Å². The normalized spacial score (nSPS) is 15.6. The number of benzene rings is 1. The monoisotopic (exact) mass is 417 g/mol. The second-order valence-electron chi connectivity index (χ2n) is 5.94. The number of thiazole rings is 1. The zero-order chi connectivity index (χ0) is 19.1. The summed E-state index contributed by atoms with van der Waals surface area (Å²) >= 11 is 8.10. The van der Waals surface area contributed by atoms with E-state index in [1.54, 1.807) is 11.1 Å². The molecule has 0 atom stereocenters. The Morgan fingerprint density at radius 1 is 1.22 bits per heavy atom. The van der Waals surface area contributed by atoms with Crippen LogP contribution in [-0.2, 0) is 9.59 Å². The molecule has 2 amide bonds. The minimum absolute atomic E-state index is 0.0265. The van der Waals surface area contributed by atoms with Gasteiger partial charge in [-0.3, -0.25) is 14.5 Å². The van der Waals surface area contributed by atoms with Gasteiger partial charge in [-0.15, -0.1) is 11.3 Å². The van der Waals surface area contributed by atoms with Gasteiger partial charge in [0.05, 0.1) is 4.91 Å². The number of hydrogen-bond acceptors (Lipinski definition) is 6. The Morgan fingerprint density at radius 2 is 2.04 bits per heavy atom. The predicted molar refractivity (Wildman–Crippen MR) is 116 cm³/mol. The van der Waals surface area contributed by atoms with E-state index in [1.807, 2.05) is 41.8 Å². The summed E-state index contributed by atoms with van der Waals surface area (Å²) in [6.07, 6.45) is 6.43. The van der Waals surface area contributed by atoms with Gasteiger partial charge in [0.15, 0.2) is 5.13 Å². The van der Waals surface area contributed by atoms with Gasteiger partial charge in [0.1, 0.15) is 4.32 Å².